The average Bonchev–Trinajstić information content (AvgIpc) is 2.53. The largest absolute Gasteiger partial charge is 0.313 e. The Morgan fingerprint density at radius 3 is 2.62 bits per heavy atom. The van der Waals surface area contributed by atoms with Crippen LogP contribution in [0.15, 0.2) is 18.2 Å². The number of nitrogens with one attached hydrogen (secondary N) is 1. The van der Waals surface area contributed by atoms with Crippen LogP contribution >= 0.6 is 0 Å². The molecule has 2 nitrogen and oxygen atoms in total. The Bertz CT molecular complexity index is 427. The van der Waals surface area contributed by atoms with E-state index >= 15 is 0 Å². The van der Waals surface area contributed by atoms with E-state index in [2.05, 4.69) is 24.1 Å². The van der Waals surface area contributed by atoms with Gasteiger partial charge in [0.2, 0.25) is 0 Å². The van der Waals surface area contributed by atoms with Gasteiger partial charge in [0.1, 0.15) is 5.82 Å². The first-order valence-corrected chi connectivity index (χ1v) is 8.46. The molecule has 1 fully saturated rings. The lowest BCUT2D eigenvalue weighted by Crippen LogP contribution is -2.36. The fraction of sp³-hybridized carbons (Fsp3) is 0.667. The molecule has 0 atom stereocenters. The number of hydrogen-bond donors (Lipinski definition) is 1. The summed E-state index contributed by atoms with van der Waals surface area (Å²) in [6.45, 7) is 7.78. The molecule has 0 spiro atoms. The monoisotopic (exact) mass is 292 g/mol. The number of halogens is 1. The van der Waals surface area contributed by atoms with Gasteiger partial charge < -0.3 is 5.32 Å². The Morgan fingerprint density at radius 2 is 1.95 bits per heavy atom. The number of benzene rings is 1. The van der Waals surface area contributed by atoms with Crippen molar-refractivity contribution in [2.24, 2.45) is 0 Å². The molecule has 1 saturated carbocycles. The first-order chi connectivity index (χ1) is 10.2. The summed E-state index contributed by atoms with van der Waals surface area (Å²) < 4.78 is 14.1. The molecule has 1 aliphatic carbocycles. The van der Waals surface area contributed by atoms with Crippen molar-refractivity contribution in [2.45, 2.75) is 65.1 Å². The van der Waals surface area contributed by atoms with Crippen LogP contribution in [0.4, 0.5) is 4.39 Å². The van der Waals surface area contributed by atoms with Gasteiger partial charge >= 0.3 is 0 Å². The Balaban J connectivity index is 2.04. The summed E-state index contributed by atoms with van der Waals surface area (Å²) in [6.07, 6.45) is 6.55. The van der Waals surface area contributed by atoms with E-state index in [1.54, 1.807) is 6.07 Å². The second kappa shape index (κ2) is 8.50. The molecular weight excluding hydrogens is 263 g/mol. The van der Waals surface area contributed by atoms with Crippen LogP contribution in [0.25, 0.3) is 0 Å². The summed E-state index contributed by atoms with van der Waals surface area (Å²) in [5.41, 5.74) is 2.02. The van der Waals surface area contributed by atoms with E-state index in [1.165, 1.54) is 37.7 Å². The van der Waals surface area contributed by atoms with Crippen molar-refractivity contribution in [1.29, 1.82) is 0 Å². The fourth-order valence-corrected chi connectivity index (χ4v) is 3.29. The van der Waals surface area contributed by atoms with Crippen LogP contribution in [-0.2, 0) is 13.1 Å². The normalized spacial score (nSPS) is 16.6. The molecule has 0 saturated heterocycles. The van der Waals surface area contributed by atoms with Crippen molar-refractivity contribution in [3.8, 4) is 0 Å². The molecule has 0 aromatic heterocycles. The van der Waals surface area contributed by atoms with E-state index in [-0.39, 0.29) is 5.82 Å². The van der Waals surface area contributed by atoms with Gasteiger partial charge in [-0.05, 0) is 37.6 Å². The molecule has 118 valence electrons. The van der Waals surface area contributed by atoms with Gasteiger partial charge in [-0.1, -0.05) is 45.2 Å². The lowest BCUT2D eigenvalue weighted by Gasteiger charge is -2.33. The van der Waals surface area contributed by atoms with Crippen LogP contribution in [0.2, 0.25) is 0 Å². The molecule has 0 unspecified atom stereocenters. The third kappa shape index (κ3) is 4.79. The third-order valence-electron chi connectivity index (χ3n) is 4.56. The SMILES string of the molecule is CCNCc1ccc(F)c(CN(CC)C2CCCCC2)c1. The molecule has 1 aliphatic rings. The van der Waals surface area contributed by atoms with Crippen LogP contribution in [0, 0.1) is 5.82 Å². The first-order valence-electron chi connectivity index (χ1n) is 8.46. The van der Waals surface area contributed by atoms with Gasteiger partial charge in [0.25, 0.3) is 0 Å². The zero-order chi connectivity index (χ0) is 15.1. The van der Waals surface area contributed by atoms with E-state index in [1.807, 2.05) is 12.1 Å². The second-order valence-corrected chi connectivity index (χ2v) is 6.06. The molecular formula is C18H29FN2. The molecule has 1 aromatic rings. The Labute approximate surface area is 128 Å². The highest BCUT2D eigenvalue weighted by Gasteiger charge is 2.20. The van der Waals surface area contributed by atoms with Crippen molar-refractivity contribution >= 4 is 0 Å². The lowest BCUT2D eigenvalue weighted by molar-refractivity contribution is 0.154. The van der Waals surface area contributed by atoms with Gasteiger partial charge in [-0.3, -0.25) is 4.90 Å². The quantitative estimate of drug-likeness (QED) is 0.814. The van der Waals surface area contributed by atoms with Crippen LogP contribution < -0.4 is 5.32 Å². The summed E-state index contributed by atoms with van der Waals surface area (Å²) >= 11 is 0. The number of nitrogens with zero attached hydrogens (tertiary/aromatic N) is 1. The summed E-state index contributed by atoms with van der Waals surface area (Å²) in [4.78, 5) is 2.45. The van der Waals surface area contributed by atoms with E-state index < -0.39 is 0 Å². The predicted molar refractivity (Wildman–Crippen MR) is 86.7 cm³/mol. The molecule has 0 bridgehead atoms. The maximum Gasteiger partial charge on any atom is 0.127 e. The first kappa shape index (κ1) is 16.4. The maximum atomic E-state index is 14.1. The van der Waals surface area contributed by atoms with E-state index in [0.29, 0.717) is 6.04 Å². The fourth-order valence-electron chi connectivity index (χ4n) is 3.29. The van der Waals surface area contributed by atoms with Gasteiger partial charge in [-0.2, -0.15) is 0 Å². The molecule has 0 amide bonds. The van der Waals surface area contributed by atoms with Crippen molar-refractivity contribution in [3.05, 3.63) is 35.1 Å². The van der Waals surface area contributed by atoms with Crippen molar-refractivity contribution in [2.75, 3.05) is 13.1 Å². The maximum absolute atomic E-state index is 14.1. The van der Waals surface area contributed by atoms with Gasteiger partial charge in [-0.25, -0.2) is 4.39 Å². The highest BCUT2D eigenvalue weighted by molar-refractivity contribution is 5.25. The van der Waals surface area contributed by atoms with Gasteiger partial charge in [-0.15, -0.1) is 0 Å². The average molecular weight is 292 g/mol. The Kier molecular flexibility index (Phi) is 6.65. The lowest BCUT2D eigenvalue weighted by atomic mass is 9.93. The highest BCUT2D eigenvalue weighted by Crippen LogP contribution is 2.24. The zero-order valence-electron chi connectivity index (χ0n) is 13.5. The molecule has 3 heteroatoms. The summed E-state index contributed by atoms with van der Waals surface area (Å²) in [5, 5.41) is 3.31. The van der Waals surface area contributed by atoms with Gasteiger partial charge in [0.15, 0.2) is 0 Å². The van der Waals surface area contributed by atoms with Gasteiger partial charge in [0, 0.05) is 24.7 Å². The molecule has 21 heavy (non-hydrogen) atoms. The Hall–Kier alpha value is -0.930. The summed E-state index contributed by atoms with van der Waals surface area (Å²) in [5.74, 6) is -0.0653. The van der Waals surface area contributed by atoms with E-state index in [4.69, 9.17) is 0 Å². The van der Waals surface area contributed by atoms with Gasteiger partial charge in [0.05, 0.1) is 0 Å². The zero-order valence-corrected chi connectivity index (χ0v) is 13.5. The standard InChI is InChI=1S/C18H29FN2/c1-3-20-13-15-10-11-18(19)16(12-15)14-21(4-2)17-8-6-5-7-9-17/h10-12,17,20H,3-9,13-14H2,1-2H3. The van der Waals surface area contributed by atoms with Crippen LogP contribution in [0.3, 0.4) is 0 Å². The van der Waals surface area contributed by atoms with Crippen molar-refractivity contribution < 1.29 is 4.39 Å². The molecule has 0 aliphatic heterocycles. The predicted octanol–water partition coefficient (Wildman–Crippen LogP) is 4.09. The van der Waals surface area contributed by atoms with Crippen molar-refractivity contribution in [1.82, 2.24) is 10.2 Å². The molecule has 0 radical (unpaired) electrons. The minimum atomic E-state index is -0.0653. The third-order valence-corrected chi connectivity index (χ3v) is 4.56. The summed E-state index contributed by atoms with van der Waals surface area (Å²) in [7, 11) is 0. The Morgan fingerprint density at radius 1 is 1.19 bits per heavy atom. The van der Waals surface area contributed by atoms with Crippen molar-refractivity contribution in [3.63, 3.8) is 0 Å². The van der Waals surface area contributed by atoms with Crippen LogP contribution in [0.1, 0.15) is 57.1 Å². The summed E-state index contributed by atoms with van der Waals surface area (Å²) in [6, 6.07) is 6.18. The van der Waals surface area contributed by atoms with E-state index in [9.17, 15) is 4.39 Å². The number of hydrogen-bond acceptors (Lipinski definition) is 2. The minimum absolute atomic E-state index is 0.0653. The molecule has 2 rings (SSSR count). The number of rotatable bonds is 7. The molecule has 1 aromatic carbocycles. The highest BCUT2D eigenvalue weighted by atomic mass is 19.1. The molecule has 0 heterocycles. The minimum Gasteiger partial charge on any atom is -0.313 e. The second-order valence-electron chi connectivity index (χ2n) is 6.06. The van der Waals surface area contributed by atoms with Crippen LogP contribution in [-0.4, -0.2) is 24.0 Å². The van der Waals surface area contributed by atoms with Crippen LogP contribution in [0.5, 0.6) is 0 Å². The molecule has 1 N–H and O–H groups in total. The topological polar surface area (TPSA) is 15.3 Å². The van der Waals surface area contributed by atoms with E-state index in [0.717, 1.165) is 31.7 Å². The smallest absolute Gasteiger partial charge is 0.127 e.